The zero-order valence-corrected chi connectivity index (χ0v) is 15.1. The second-order valence-corrected chi connectivity index (χ2v) is 5.61. The molecule has 0 aliphatic rings. The van der Waals surface area contributed by atoms with Gasteiger partial charge in [0.1, 0.15) is 23.5 Å². The number of carbonyl (C=O) groups is 1. The van der Waals surface area contributed by atoms with E-state index in [9.17, 15) is 25.0 Å². The molecule has 29 heavy (non-hydrogen) atoms. The molecule has 146 valence electrons. The molecule has 0 saturated carbocycles. The number of rotatable bonds is 5. The third-order valence-electron chi connectivity index (χ3n) is 3.89. The number of nitro groups is 2. The van der Waals surface area contributed by atoms with Gasteiger partial charge in [-0.25, -0.2) is 14.8 Å². The van der Waals surface area contributed by atoms with Crippen LogP contribution in [0.15, 0.2) is 36.7 Å². The van der Waals surface area contributed by atoms with Crippen molar-refractivity contribution in [1.82, 2.24) is 19.9 Å². The SMILES string of the molecule is COC(=O)c1c(C)nc(-c2cccnc2[N+](=O)[O-])nc1-c1cccnc1[N+](=O)[O-]. The molecular formula is C17H12N6O6. The molecule has 0 amide bonds. The van der Waals surface area contributed by atoms with E-state index < -0.39 is 27.5 Å². The van der Waals surface area contributed by atoms with Crippen molar-refractivity contribution in [1.29, 1.82) is 0 Å². The minimum Gasteiger partial charge on any atom is -0.465 e. The average molecular weight is 396 g/mol. The summed E-state index contributed by atoms with van der Waals surface area (Å²) in [5, 5.41) is 22.7. The van der Waals surface area contributed by atoms with Gasteiger partial charge in [0.15, 0.2) is 5.82 Å². The summed E-state index contributed by atoms with van der Waals surface area (Å²) in [4.78, 5) is 49.5. The Morgan fingerprint density at radius 2 is 1.52 bits per heavy atom. The highest BCUT2D eigenvalue weighted by Gasteiger charge is 2.28. The van der Waals surface area contributed by atoms with Crippen LogP contribution in [0.25, 0.3) is 22.6 Å². The van der Waals surface area contributed by atoms with Gasteiger partial charge in [0.05, 0.1) is 24.1 Å². The summed E-state index contributed by atoms with van der Waals surface area (Å²) >= 11 is 0. The van der Waals surface area contributed by atoms with Crippen molar-refractivity contribution in [2.24, 2.45) is 0 Å². The molecule has 3 aromatic rings. The molecule has 0 aliphatic carbocycles. The number of aromatic nitrogens is 4. The Kier molecular flexibility index (Phi) is 5.17. The Hall–Kier alpha value is -4.35. The maximum atomic E-state index is 12.3. The largest absolute Gasteiger partial charge is 0.465 e. The average Bonchev–Trinajstić information content (AvgIpc) is 2.72. The van der Waals surface area contributed by atoms with Crippen LogP contribution in [0.1, 0.15) is 16.1 Å². The quantitative estimate of drug-likeness (QED) is 0.355. The number of hydrogen-bond acceptors (Lipinski definition) is 10. The number of pyridine rings is 2. The fraction of sp³-hybridized carbons (Fsp3) is 0.118. The van der Waals surface area contributed by atoms with Crippen LogP contribution in [-0.4, -0.2) is 42.9 Å². The second-order valence-electron chi connectivity index (χ2n) is 5.61. The topological polar surface area (TPSA) is 164 Å². The van der Waals surface area contributed by atoms with E-state index in [0.717, 1.165) is 7.11 Å². The molecule has 3 heterocycles. The first-order valence-corrected chi connectivity index (χ1v) is 8.01. The summed E-state index contributed by atoms with van der Waals surface area (Å²) in [6, 6.07) is 5.65. The lowest BCUT2D eigenvalue weighted by atomic mass is 10.0. The highest BCUT2D eigenvalue weighted by Crippen LogP contribution is 2.33. The van der Waals surface area contributed by atoms with E-state index in [4.69, 9.17) is 4.74 Å². The molecular weight excluding hydrogens is 384 g/mol. The molecule has 3 rings (SSSR count). The molecule has 12 nitrogen and oxygen atoms in total. The lowest BCUT2D eigenvalue weighted by Crippen LogP contribution is -2.12. The van der Waals surface area contributed by atoms with Crippen LogP contribution in [0.3, 0.4) is 0 Å². The maximum absolute atomic E-state index is 12.3. The van der Waals surface area contributed by atoms with Crippen molar-refractivity contribution < 1.29 is 19.4 Å². The molecule has 0 radical (unpaired) electrons. The van der Waals surface area contributed by atoms with E-state index in [1.54, 1.807) is 0 Å². The number of nitrogens with zero attached hydrogens (tertiary/aromatic N) is 6. The Morgan fingerprint density at radius 1 is 0.966 bits per heavy atom. The molecule has 0 bridgehead atoms. The van der Waals surface area contributed by atoms with Gasteiger partial charge in [-0.3, -0.25) is 0 Å². The summed E-state index contributed by atoms with van der Waals surface area (Å²) in [6.45, 7) is 1.46. The van der Waals surface area contributed by atoms with Crippen molar-refractivity contribution in [3.05, 3.63) is 68.1 Å². The van der Waals surface area contributed by atoms with Crippen LogP contribution in [0.4, 0.5) is 11.6 Å². The highest BCUT2D eigenvalue weighted by atomic mass is 16.6. The van der Waals surface area contributed by atoms with Crippen molar-refractivity contribution in [3.63, 3.8) is 0 Å². The fourth-order valence-electron chi connectivity index (χ4n) is 2.68. The number of ether oxygens (including phenoxy) is 1. The lowest BCUT2D eigenvalue weighted by molar-refractivity contribution is -0.388. The Bertz CT molecular complexity index is 1150. The predicted molar refractivity (Wildman–Crippen MR) is 97.9 cm³/mol. The van der Waals surface area contributed by atoms with Gasteiger partial charge < -0.3 is 25.0 Å². The summed E-state index contributed by atoms with van der Waals surface area (Å²) < 4.78 is 4.76. The van der Waals surface area contributed by atoms with Gasteiger partial charge in [-0.1, -0.05) is 0 Å². The van der Waals surface area contributed by atoms with Crippen molar-refractivity contribution in [2.75, 3.05) is 7.11 Å². The number of carbonyl (C=O) groups excluding carboxylic acids is 1. The number of aryl methyl sites for hydroxylation is 1. The normalized spacial score (nSPS) is 10.4. The van der Waals surface area contributed by atoms with Gasteiger partial charge in [0, 0.05) is 0 Å². The van der Waals surface area contributed by atoms with Gasteiger partial charge in [0.2, 0.25) is 0 Å². The summed E-state index contributed by atoms with van der Waals surface area (Å²) in [5.41, 5.74) is -0.189. The molecule has 12 heteroatoms. The molecule has 0 N–H and O–H groups in total. The summed E-state index contributed by atoms with van der Waals surface area (Å²) in [5.74, 6) is -1.97. The van der Waals surface area contributed by atoms with Gasteiger partial charge in [-0.05, 0) is 51.0 Å². The van der Waals surface area contributed by atoms with E-state index in [2.05, 4.69) is 19.9 Å². The lowest BCUT2D eigenvalue weighted by Gasteiger charge is -2.12. The zero-order chi connectivity index (χ0) is 21.1. The Labute approximate surface area is 162 Å². The standard InChI is InChI=1S/C17H12N6O6/c1-9-12(17(24)29-2)13(10-5-3-7-18-15(10)22(25)26)21-14(20-9)11-6-4-8-19-16(11)23(27)28/h3-8H,1-2H3. The first kappa shape index (κ1) is 19.4. The first-order chi connectivity index (χ1) is 13.8. The third kappa shape index (κ3) is 3.58. The van der Waals surface area contributed by atoms with Gasteiger partial charge in [-0.2, -0.15) is 0 Å². The number of esters is 1. The molecule has 0 aromatic carbocycles. The third-order valence-corrected chi connectivity index (χ3v) is 3.89. The Balaban J connectivity index is 2.38. The van der Waals surface area contributed by atoms with Crippen molar-refractivity contribution >= 4 is 17.6 Å². The van der Waals surface area contributed by atoms with Crippen molar-refractivity contribution in [2.45, 2.75) is 6.92 Å². The van der Waals surface area contributed by atoms with Crippen LogP contribution in [-0.2, 0) is 4.74 Å². The minimum absolute atomic E-state index is 0.00944. The van der Waals surface area contributed by atoms with E-state index in [1.807, 2.05) is 0 Å². The molecule has 0 unspecified atom stereocenters. The minimum atomic E-state index is -0.817. The van der Waals surface area contributed by atoms with E-state index in [1.165, 1.54) is 43.6 Å². The number of hydrogen-bond donors (Lipinski definition) is 0. The number of methoxy groups -OCH3 is 1. The predicted octanol–water partition coefficient (Wildman–Crippen LogP) is 2.51. The fourth-order valence-corrected chi connectivity index (χ4v) is 2.68. The smallest absolute Gasteiger partial charge is 0.374 e. The van der Waals surface area contributed by atoms with Gasteiger partial charge >= 0.3 is 17.6 Å². The van der Waals surface area contributed by atoms with Crippen LogP contribution in [0.2, 0.25) is 0 Å². The van der Waals surface area contributed by atoms with Crippen LogP contribution < -0.4 is 0 Å². The second kappa shape index (κ2) is 7.72. The van der Waals surface area contributed by atoms with Gasteiger partial charge in [0.25, 0.3) is 0 Å². The van der Waals surface area contributed by atoms with Crippen LogP contribution in [0.5, 0.6) is 0 Å². The highest BCUT2D eigenvalue weighted by molar-refractivity contribution is 5.98. The molecule has 0 fully saturated rings. The Morgan fingerprint density at radius 3 is 2.07 bits per heavy atom. The van der Waals surface area contributed by atoms with E-state index >= 15 is 0 Å². The molecule has 0 aliphatic heterocycles. The summed E-state index contributed by atoms with van der Waals surface area (Å²) in [7, 11) is 1.14. The maximum Gasteiger partial charge on any atom is 0.374 e. The summed E-state index contributed by atoms with van der Waals surface area (Å²) in [6.07, 6.45) is 2.46. The zero-order valence-electron chi connectivity index (χ0n) is 15.1. The first-order valence-electron chi connectivity index (χ1n) is 8.01. The van der Waals surface area contributed by atoms with E-state index in [-0.39, 0.29) is 33.9 Å². The molecule has 0 spiro atoms. The molecule has 3 aromatic heterocycles. The van der Waals surface area contributed by atoms with Gasteiger partial charge in [-0.15, -0.1) is 0 Å². The van der Waals surface area contributed by atoms with Crippen LogP contribution in [0, 0.1) is 27.2 Å². The molecule has 0 atom stereocenters. The van der Waals surface area contributed by atoms with Crippen molar-refractivity contribution in [3.8, 4) is 22.6 Å². The monoisotopic (exact) mass is 396 g/mol. The van der Waals surface area contributed by atoms with E-state index in [0.29, 0.717) is 0 Å². The molecule has 0 saturated heterocycles. The van der Waals surface area contributed by atoms with Crippen LogP contribution >= 0.6 is 0 Å².